The first kappa shape index (κ1) is 18.9. The van der Waals surface area contributed by atoms with Crippen molar-refractivity contribution in [3.63, 3.8) is 0 Å². The molecule has 1 atom stereocenters. The first-order valence-corrected chi connectivity index (χ1v) is 10.4. The zero-order valence-electron chi connectivity index (χ0n) is 16.3. The Morgan fingerprint density at radius 3 is 2.50 bits per heavy atom. The van der Waals surface area contributed by atoms with Crippen LogP contribution in [0.2, 0.25) is 0 Å². The van der Waals surface area contributed by atoms with Crippen molar-refractivity contribution in [3.8, 4) is 22.4 Å². The fourth-order valence-electron chi connectivity index (χ4n) is 4.28. The molecular formula is C24H29N3O. The van der Waals surface area contributed by atoms with Gasteiger partial charge in [0.05, 0.1) is 11.9 Å². The van der Waals surface area contributed by atoms with E-state index in [1.54, 1.807) is 0 Å². The summed E-state index contributed by atoms with van der Waals surface area (Å²) in [4.78, 5) is 2.58. The van der Waals surface area contributed by atoms with Crippen molar-refractivity contribution in [2.75, 3.05) is 13.2 Å². The molecule has 1 aliphatic rings. The molecule has 1 fully saturated rings. The van der Waals surface area contributed by atoms with E-state index in [1.807, 2.05) is 12.3 Å². The summed E-state index contributed by atoms with van der Waals surface area (Å²) < 4.78 is 0. The van der Waals surface area contributed by atoms with Crippen molar-refractivity contribution in [1.82, 2.24) is 15.1 Å². The molecular weight excluding hydrogens is 346 g/mol. The summed E-state index contributed by atoms with van der Waals surface area (Å²) in [6.45, 7) is 2.34. The van der Waals surface area contributed by atoms with Crippen molar-refractivity contribution < 1.29 is 5.11 Å². The summed E-state index contributed by atoms with van der Waals surface area (Å²) in [5.74, 6) is 0. The number of rotatable bonds is 7. The zero-order valence-corrected chi connectivity index (χ0v) is 16.3. The highest BCUT2D eigenvalue weighted by Gasteiger charge is 2.23. The minimum atomic E-state index is 0.287. The lowest BCUT2D eigenvalue weighted by molar-refractivity contribution is 0.124. The average molecular weight is 376 g/mol. The molecule has 2 heterocycles. The van der Waals surface area contributed by atoms with Crippen molar-refractivity contribution in [3.05, 3.63) is 66.4 Å². The lowest BCUT2D eigenvalue weighted by Gasteiger charge is -2.35. The second-order valence-corrected chi connectivity index (χ2v) is 7.70. The minimum absolute atomic E-state index is 0.287. The van der Waals surface area contributed by atoms with Gasteiger partial charge in [-0.05, 0) is 48.9 Å². The van der Waals surface area contributed by atoms with Gasteiger partial charge in [-0.1, -0.05) is 61.0 Å². The summed E-state index contributed by atoms with van der Waals surface area (Å²) in [5, 5.41) is 16.8. The molecule has 4 nitrogen and oxygen atoms in total. The summed E-state index contributed by atoms with van der Waals surface area (Å²) >= 11 is 0. The number of piperidine rings is 1. The first-order valence-electron chi connectivity index (χ1n) is 10.4. The normalized spacial score (nSPS) is 17.7. The number of hydrogen-bond donors (Lipinski definition) is 2. The molecule has 2 N–H and O–H groups in total. The van der Waals surface area contributed by atoms with Gasteiger partial charge in [-0.2, -0.15) is 5.10 Å². The van der Waals surface area contributed by atoms with E-state index in [0.29, 0.717) is 6.04 Å². The second kappa shape index (κ2) is 9.18. The van der Waals surface area contributed by atoms with Gasteiger partial charge in [0.15, 0.2) is 0 Å². The molecule has 146 valence electrons. The molecule has 0 aliphatic carbocycles. The van der Waals surface area contributed by atoms with Crippen LogP contribution in [0.3, 0.4) is 0 Å². The van der Waals surface area contributed by atoms with E-state index in [-0.39, 0.29) is 6.61 Å². The maximum Gasteiger partial charge on any atom is 0.0695 e. The second-order valence-electron chi connectivity index (χ2n) is 7.70. The van der Waals surface area contributed by atoms with Crippen LogP contribution in [0.25, 0.3) is 22.4 Å². The van der Waals surface area contributed by atoms with Gasteiger partial charge in [0.25, 0.3) is 0 Å². The molecule has 0 radical (unpaired) electrons. The third-order valence-electron chi connectivity index (χ3n) is 5.82. The van der Waals surface area contributed by atoms with Gasteiger partial charge in [0.1, 0.15) is 0 Å². The molecule has 1 unspecified atom stereocenters. The number of H-pyrrole nitrogens is 1. The highest BCUT2D eigenvalue weighted by atomic mass is 16.2. The van der Waals surface area contributed by atoms with Crippen LogP contribution in [0, 0.1) is 0 Å². The number of aromatic nitrogens is 2. The largest absolute Gasteiger partial charge is 0.396 e. The molecule has 28 heavy (non-hydrogen) atoms. The van der Waals surface area contributed by atoms with Crippen molar-refractivity contribution in [2.45, 2.75) is 44.7 Å². The summed E-state index contributed by atoms with van der Waals surface area (Å²) in [5.41, 5.74) is 6.01. The lowest BCUT2D eigenvalue weighted by Crippen LogP contribution is -2.39. The van der Waals surface area contributed by atoms with Gasteiger partial charge in [0.2, 0.25) is 0 Å². The maximum absolute atomic E-state index is 9.20. The molecule has 4 heteroatoms. The Hall–Kier alpha value is -2.43. The lowest BCUT2D eigenvalue weighted by atomic mass is 9.96. The molecule has 4 rings (SSSR count). The summed E-state index contributed by atoms with van der Waals surface area (Å²) in [6, 6.07) is 19.8. The number of benzene rings is 2. The fraction of sp³-hybridized carbons (Fsp3) is 0.375. The van der Waals surface area contributed by atoms with Gasteiger partial charge in [0, 0.05) is 24.8 Å². The Kier molecular flexibility index (Phi) is 6.20. The summed E-state index contributed by atoms with van der Waals surface area (Å²) in [6.07, 6.45) is 7.73. The predicted octanol–water partition coefficient (Wildman–Crippen LogP) is 4.87. The quantitative estimate of drug-likeness (QED) is 0.619. The number of aromatic amines is 1. The standard InChI is InChI=1S/C24H29N3O/c28-16-6-10-23-9-4-5-15-27(23)18-22-17-25-26-24(22)21-13-11-20(12-14-21)19-7-2-1-3-8-19/h1-3,7-8,11-14,17,23,28H,4-6,9-10,15-16,18H2,(H,25,26). The number of aliphatic hydroxyl groups is 1. The molecule has 0 saturated carbocycles. The SMILES string of the molecule is OCCCC1CCCCN1Cc1cn[nH]c1-c1ccc(-c2ccccc2)cc1. The molecule has 3 aromatic rings. The highest BCUT2D eigenvalue weighted by Crippen LogP contribution is 2.29. The van der Waals surface area contributed by atoms with E-state index in [4.69, 9.17) is 0 Å². The molecule has 0 bridgehead atoms. The van der Waals surface area contributed by atoms with Crippen LogP contribution in [-0.4, -0.2) is 39.4 Å². The molecule has 0 spiro atoms. The Morgan fingerprint density at radius 2 is 1.71 bits per heavy atom. The fourth-order valence-corrected chi connectivity index (χ4v) is 4.28. The zero-order chi connectivity index (χ0) is 19.2. The van der Waals surface area contributed by atoms with Gasteiger partial charge in [-0.25, -0.2) is 0 Å². The van der Waals surface area contributed by atoms with Crippen molar-refractivity contribution >= 4 is 0 Å². The Morgan fingerprint density at radius 1 is 0.964 bits per heavy atom. The minimum Gasteiger partial charge on any atom is -0.396 e. The Bertz CT molecular complexity index is 857. The maximum atomic E-state index is 9.20. The van der Waals surface area contributed by atoms with Gasteiger partial charge >= 0.3 is 0 Å². The third-order valence-corrected chi connectivity index (χ3v) is 5.82. The van der Waals surface area contributed by atoms with Crippen LogP contribution in [0.4, 0.5) is 0 Å². The van der Waals surface area contributed by atoms with Gasteiger partial charge in [-0.15, -0.1) is 0 Å². The third kappa shape index (κ3) is 4.34. The van der Waals surface area contributed by atoms with E-state index < -0.39 is 0 Å². The van der Waals surface area contributed by atoms with Crippen molar-refractivity contribution in [2.24, 2.45) is 0 Å². The molecule has 1 aromatic heterocycles. The van der Waals surface area contributed by atoms with Crippen LogP contribution < -0.4 is 0 Å². The van der Waals surface area contributed by atoms with E-state index in [1.165, 1.54) is 41.5 Å². The predicted molar refractivity (Wildman–Crippen MR) is 114 cm³/mol. The Balaban J connectivity index is 1.51. The Labute approximate surface area is 167 Å². The number of aliphatic hydroxyl groups excluding tert-OH is 1. The molecule has 1 saturated heterocycles. The highest BCUT2D eigenvalue weighted by molar-refractivity contribution is 5.69. The van der Waals surface area contributed by atoms with Crippen LogP contribution in [0.15, 0.2) is 60.8 Å². The average Bonchev–Trinajstić information content (AvgIpc) is 3.22. The molecule has 1 aliphatic heterocycles. The first-order chi connectivity index (χ1) is 13.8. The van der Waals surface area contributed by atoms with E-state index in [9.17, 15) is 5.11 Å². The van der Waals surface area contributed by atoms with Crippen LogP contribution in [-0.2, 0) is 6.54 Å². The van der Waals surface area contributed by atoms with Crippen LogP contribution >= 0.6 is 0 Å². The van der Waals surface area contributed by atoms with E-state index >= 15 is 0 Å². The van der Waals surface area contributed by atoms with Crippen molar-refractivity contribution in [1.29, 1.82) is 0 Å². The van der Waals surface area contributed by atoms with E-state index in [0.717, 1.165) is 31.6 Å². The smallest absolute Gasteiger partial charge is 0.0695 e. The van der Waals surface area contributed by atoms with Crippen LogP contribution in [0.1, 0.15) is 37.7 Å². The molecule has 0 amide bonds. The van der Waals surface area contributed by atoms with E-state index in [2.05, 4.69) is 63.6 Å². The summed E-state index contributed by atoms with van der Waals surface area (Å²) in [7, 11) is 0. The van der Waals surface area contributed by atoms with Crippen LogP contribution in [0.5, 0.6) is 0 Å². The number of hydrogen-bond acceptors (Lipinski definition) is 3. The van der Waals surface area contributed by atoms with Gasteiger partial charge < -0.3 is 5.11 Å². The van der Waals surface area contributed by atoms with Gasteiger partial charge in [-0.3, -0.25) is 10.00 Å². The topological polar surface area (TPSA) is 52.1 Å². The number of nitrogens with zero attached hydrogens (tertiary/aromatic N) is 2. The monoisotopic (exact) mass is 375 g/mol. The number of likely N-dealkylation sites (tertiary alicyclic amines) is 1. The number of nitrogens with one attached hydrogen (secondary N) is 1. The molecule has 2 aromatic carbocycles.